The van der Waals surface area contributed by atoms with E-state index in [0.717, 1.165) is 0 Å². The van der Waals surface area contributed by atoms with E-state index in [1.807, 2.05) is 0 Å². The summed E-state index contributed by atoms with van der Waals surface area (Å²) in [5.74, 6) is -6.40. The number of carboxylic acids is 1. The first-order valence-corrected chi connectivity index (χ1v) is 8.03. The van der Waals surface area contributed by atoms with Gasteiger partial charge in [-0.2, -0.15) is 0 Å². The van der Waals surface area contributed by atoms with Crippen molar-refractivity contribution < 1.29 is 23.5 Å². The van der Waals surface area contributed by atoms with Crippen molar-refractivity contribution in [3.8, 4) is 0 Å². The van der Waals surface area contributed by atoms with Crippen LogP contribution in [0, 0.1) is 17.8 Å². The Morgan fingerprint density at radius 2 is 2.00 bits per heavy atom. The maximum Gasteiger partial charge on any atom is 0.326 e. The molecule has 8 heteroatoms. The van der Waals surface area contributed by atoms with Crippen LogP contribution in [0.15, 0.2) is 18.6 Å². The Labute approximate surface area is 137 Å². The van der Waals surface area contributed by atoms with Gasteiger partial charge in [0.15, 0.2) is 0 Å². The average molecular weight is 339 g/mol. The smallest absolute Gasteiger partial charge is 0.326 e. The van der Waals surface area contributed by atoms with Gasteiger partial charge in [0, 0.05) is 36.1 Å². The van der Waals surface area contributed by atoms with Crippen molar-refractivity contribution in [1.29, 1.82) is 0 Å². The van der Waals surface area contributed by atoms with Gasteiger partial charge in [0.1, 0.15) is 12.4 Å². The number of fused-ring (bicyclic) bond motifs is 2. The molecule has 0 spiro atoms. The van der Waals surface area contributed by atoms with Gasteiger partial charge in [-0.15, -0.1) is 0 Å². The van der Waals surface area contributed by atoms with E-state index < -0.39 is 41.6 Å². The summed E-state index contributed by atoms with van der Waals surface area (Å²) in [4.78, 5) is 31.5. The molecule has 2 N–H and O–H groups in total. The third-order valence-electron chi connectivity index (χ3n) is 5.13. The fourth-order valence-electron chi connectivity index (χ4n) is 3.81. The van der Waals surface area contributed by atoms with Gasteiger partial charge in [-0.1, -0.05) is 0 Å². The number of carboxylic acid groups (broad SMARTS) is 1. The topological polar surface area (TPSA) is 92.2 Å². The number of amides is 1. The third kappa shape index (κ3) is 3.22. The van der Waals surface area contributed by atoms with E-state index in [1.54, 1.807) is 6.07 Å². The minimum Gasteiger partial charge on any atom is -0.480 e. The minimum atomic E-state index is -2.69. The molecule has 6 nitrogen and oxygen atoms in total. The summed E-state index contributed by atoms with van der Waals surface area (Å²) in [7, 11) is 0. The Kier molecular flexibility index (Phi) is 4.47. The number of nitrogens with one attached hydrogen (secondary N) is 1. The Morgan fingerprint density at radius 1 is 1.33 bits per heavy atom. The van der Waals surface area contributed by atoms with Crippen LogP contribution in [-0.2, 0) is 16.0 Å². The number of alkyl halides is 2. The molecule has 1 aromatic heterocycles. The Morgan fingerprint density at radius 3 is 2.54 bits per heavy atom. The zero-order valence-electron chi connectivity index (χ0n) is 13.0. The number of hydrogen-bond donors (Lipinski definition) is 2. The second-order valence-electron chi connectivity index (χ2n) is 6.62. The Bertz CT molecular complexity index is 610. The molecule has 2 bridgehead atoms. The summed E-state index contributed by atoms with van der Waals surface area (Å²) < 4.78 is 27.9. The lowest BCUT2D eigenvalue weighted by molar-refractivity contribution is -0.146. The van der Waals surface area contributed by atoms with Gasteiger partial charge in [0.05, 0.1) is 0 Å². The maximum absolute atomic E-state index is 13.9. The lowest BCUT2D eigenvalue weighted by atomic mass is 9.77. The highest BCUT2D eigenvalue weighted by Gasteiger charge is 2.57. The Hall–Kier alpha value is -2.12. The van der Waals surface area contributed by atoms with Crippen molar-refractivity contribution in [2.75, 3.05) is 0 Å². The van der Waals surface area contributed by atoms with Crippen molar-refractivity contribution in [1.82, 2.24) is 15.3 Å². The highest BCUT2D eigenvalue weighted by atomic mass is 19.3. The van der Waals surface area contributed by atoms with E-state index in [0.29, 0.717) is 18.5 Å². The molecule has 2 fully saturated rings. The standard InChI is InChI=1S/C16H19F2N3O3/c17-16(18)10-1-2-11(16)6-9(5-10)14(22)21-13(15(23)24)7-12-3-4-19-8-20-12/h3-4,8-11,13H,1-2,5-7H2,(H,21,22)(H,23,24)/t9?,10-,11+,13?. The first-order chi connectivity index (χ1) is 11.4. The molecule has 2 aliphatic rings. The van der Waals surface area contributed by atoms with Crippen LogP contribution in [0.4, 0.5) is 8.78 Å². The van der Waals surface area contributed by atoms with Crippen molar-refractivity contribution in [3.05, 3.63) is 24.3 Å². The normalized spacial score (nSPS) is 29.0. The van der Waals surface area contributed by atoms with Crippen LogP contribution in [0.1, 0.15) is 31.4 Å². The SMILES string of the molecule is O=C(NC(Cc1ccncn1)C(=O)O)C1C[C@H]2CC[C@@H](C1)C2(F)F. The summed E-state index contributed by atoms with van der Waals surface area (Å²) in [6, 6.07) is 0.441. The second kappa shape index (κ2) is 6.41. The molecule has 2 aliphatic carbocycles. The molecule has 4 atom stereocenters. The van der Waals surface area contributed by atoms with Crippen LogP contribution in [0.2, 0.25) is 0 Å². The first-order valence-electron chi connectivity index (χ1n) is 8.03. The third-order valence-corrected chi connectivity index (χ3v) is 5.13. The summed E-state index contributed by atoms with van der Waals surface area (Å²) in [5.41, 5.74) is 0.493. The average Bonchev–Trinajstić information content (AvgIpc) is 2.73. The predicted molar refractivity (Wildman–Crippen MR) is 79.2 cm³/mol. The van der Waals surface area contributed by atoms with E-state index in [1.165, 1.54) is 12.5 Å². The van der Waals surface area contributed by atoms with Gasteiger partial charge in [0.25, 0.3) is 5.92 Å². The van der Waals surface area contributed by atoms with E-state index in [2.05, 4.69) is 15.3 Å². The van der Waals surface area contributed by atoms with Gasteiger partial charge >= 0.3 is 5.97 Å². The zero-order chi connectivity index (χ0) is 17.3. The molecule has 130 valence electrons. The number of carbonyl (C=O) groups excluding carboxylic acids is 1. The van der Waals surface area contributed by atoms with Crippen molar-refractivity contribution >= 4 is 11.9 Å². The number of rotatable bonds is 5. The molecular weight excluding hydrogens is 320 g/mol. The first kappa shape index (κ1) is 16.7. The van der Waals surface area contributed by atoms with E-state index in [9.17, 15) is 23.5 Å². The molecule has 0 aliphatic heterocycles. The van der Waals surface area contributed by atoms with Crippen LogP contribution >= 0.6 is 0 Å². The zero-order valence-corrected chi connectivity index (χ0v) is 13.0. The lowest BCUT2D eigenvalue weighted by Gasteiger charge is -2.34. The number of aliphatic carboxylic acids is 1. The maximum atomic E-state index is 13.9. The summed E-state index contributed by atoms with van der Waals surface area (Å²) in [6.45, 7) is 0. The largest absolute Gasteiger partial charge is 0.480 e. The minimum absolute atomic E-state index is 0.0271. The van der Waals surface area contributed by atoms with Crippen molar-refractivity contribution in [2.24, 2.45) is 17.8 Å². The van der Waals surface area contributed by atoms with Gasteiger partial charge in [-0.25, -0.2) is 23.5 Å². The van der Waals surface area contributed by atoms with Crippen LogP contribution in [0.3, 0.4) is 0 Å². The van der Waals surface area contributed by atoms with Gasteiger partial charge in [0.2, 0.25) is 5.91 Å². The van der Waals surface area contributed by atoms with Gasteiger partial charge in [-0.3, -0.25) is 4.79 Å². The fourth-order valence-corrected chi connectivity index (χ4v) is 3.81. The Balaban J connectivity index is 1.63. The monoisotopic (exact) mass is 339 g/mol. The number of hydrogen-bond acceptors (Lipinski definition) is 4. The number of aromatic nitrogens is 2. The molecule has 1 amide bonds. The quantitative estimate of drug-likeness (QED) is 0.851. The van der Waals surface area contributed by atoms with Crippen molar-refractivity contribution in [2.45, 2.75) is 44.1 Å². The molecule has 1 aromatic rings. The number of halogens is 2. The van der Waals surface area contributed by atoms with Crippen molar-refractivity contribution in [3.63, 3.8) is 0 Å². The summed E-state index contributed by atoms with van der Waals surface area (Å²) in [6.07, 6.45) is 3.93. The summed E-state index contributed by atoms with van der Waals surface area (Å²) in [5, 5.41) is 11.8. The molecule has 24 heavy (non-hydrogen) atoms. The number of nitrogens with zero attached hydrogens (tertiary/aromatic N) is 2. The predicted octanol–water partition coefficient (Wildman–Crippen LogP) is 1.66. The van der Waals surface area contributed by atoms with Crippen LogP contribution in [-0.4, -0.2) is 38.9 Å². The molecule has 3 rings (SSSR count). The van der Waals surface area contributed by atoms with E-state index >= 15 is 0 Å². The molecule has 1 heterocycles. The molecule has 2 saturated carbocycles. The van der Waals surface area contributed by atoms with Crippen LogP contribution in [0.25, 0.3) is 0 Å². The van der Waals surface area contributed by atoms with E-state index in [-0.39, 0.29) is 19.3 Å². The number of carbonyl (C=O) groups is 2. The lowest BCUT2D eigenvalue weighted by Crippen LogP contribution is -2.48. The molecular formula is C16H19F2N3O3. The highest BCUT2D eigenvalue weighted by Crippen LogP contribution is 2.54. The molecule has 2 unspecified atom stereocenters. The second-order valence-corrected chi connectivity index (χ2v) is 6.62. The van der Waals surface area contributed by atoms with Crippen LogP contribution < -0.4 is 5.32 Å². The molecule has 0 radical (unpaired) electrons. The highest BCUT2D eigenvalue weighted by molar-refractivity contribution is 5.85. The van der Waals surface area contributed by atoms with Gasteiger partial charge in [-0.05, 0) is 31.7 Å². The fraction of sp³-hybridized carbons (Fsp3) is 0.625. The molecule has 0 aromatic carbocycles. The van der Waals surface area contributed by atoms with Gasteiger partial charge < -0.3 is 10.4 Å². The van der Waals surface area contributed by atoms with Crippen LogP contribution in [0.5, 0.6) is 0 Å². The molecule has 0 saturated heterocycles. The summed E-state index contributed by atoms with van der Waals surface area (Å²) >= 11 is 0. The van der Waals surface area contributed by atoms with E-state index in [4.69, 9.17) is 0 Å².